The topological polar surface area (TPSA) is 120 Å². The molecule has 0 aliphatic heterocycles. The molecule has 0 amide bonds. The Hall–Kier alpha value is -3.49. The van der Waals surface area contributed by atoms with Gasteiger partial charge in [0.2, 0.25) is 0 Å². The van der Waals surface area contributed by atoms with Gasteiger partial charge in [-0.3, -0.25) is 10.1 Å². The molecule has 2 aromatic carbocycles. The van der Waals surface area contributed by atoms with E-state index in [9.17, 15) is 20.5 Å². The molecule has 0 saturated carbocycles. The number of rotatable bonds is 5. The van der Waals surface area contributed by atoms with Crippen molar-refractivity contribution in [2.45, 2.75) is 4.90 Å². The third-order valence-electron chi connectivity index (χ3n) is 3.26. The summed E-state index contributed by atoms with van der Waals surface area (Å²) in [6.07, 6.45) is 1.55. The molecule has 2 aromatic rings. The second-order valence-electron chi connectivity index (χ2n) is 4.74. The first kappa shape index (κ1) is 17.9. The zero-order valence-corrected chi connectivity index (χ0v) is 13.8. The summed E-state index contributed by atoms with van der Waals surface area (Å²) in [5.74, 6) is 0.0209. The number of benzene rings is 2. The SMILES string of the molecule is COc1cc(/C=C(/C#N)c2ccc([N+](=O)[O-])cc2)cc(SC#N)c1O. The van der Waals surface area contributed by atoms with Crippen LogP contribution >= 0.6 is 11.8 Å². The van der Waals surface area contributed by atoms with E-state index >= 15 is 0 Å². The maximum absolute atomic E-state index is 10.7. The Morgan fingerprint density at radius 1 is 1.32 bits per heavy atom. The third kappa shape index (κ3) is 4.08. The van der Waals surface area contributed by atoms with Crippen molar-refractivity contribution in [1.29, 1.82) is 10.5 Å². The van der Waals surface area contributed by atoms with E-state index in [4.69, 9.17) is 10.00 Å². The van der Waals surface area contributed by atoms with E-state index in [-0.39, 0.29) is 22.8 Å². The number of nitro benzene ring substituents is 1. The molecule has 25 heavy (non-hydrogen) atoms. The number of allylic oxidation sites excluding steroid dienone is 1. The van der Waals surface area contributed by atoms with Gasteiger partial charge in [-0.2, -0.15) is 10.5 Å². The molecule has 0 fully saturated rings. The lowest BCUT2D eigenvalue weighted by atomic mass is 10.0. The summed E-state index contributed by atoms with van der Waals surface area (Å²) in [4.78, 5) is 10.5. The van der Waals surface area contributed by atoms with Gasteiger partial charge in [-0.15, -0.1) is 0 Å². The lowest BCUT2D eigenvalue weighted by molar-refractivity contribution is -0.384. The fraction of sp³-hybridized carbons (Fsp3) is 0.0588. The van der Waals surface area contributed by atoms with Gasteiger partial charge < -0.3 is 9.84 Å². The molecule has 0 aliphatic rings. The highest BCUT2D eigenvalue weighted by atomic mass is 32.2. The van der Waals surface area contributed by atoms with Gasteiger partial charge in [0.1, 0.15) is 5.40 Å². The van der Waals surface area contributed by atoms with Gasteiger partial charge in [-0.25, -0.2) is 0 Å². The van der Waals surface area contributed by atoms with Gasteiger partial charge in [0.15, 0.2) is 11.5 Å². The molecule has 0 radical (unpaired) electrons. The average molecular weight is 353 g/mol. The maximum Gasteiger partial charge on any atom is 0.269 e. The lowest BCUT2D eigenvalue weighted by Crippen LogP contribution is -1.90. The van der Waals surface area contributed by atoms with Crippen molar-refractivity contribution in [3.05, 3.63) is 57.6 Å². The molecule has 0 saturated heterocycles. The van der Waals surface area contributed by atoms with Gasteiger partial charge in [-0.1, -0.05) is 0 Å². The van der Waals surface area contributed by atoms with Crippen molar-refractivity contribution in [1.82, 2.24) is 0 Å². The fourth-order valence-electron chi connectivity index (χ4n) is 2.08. The molecule has 124 valence electrons. The minimum absolute atomic E-state index is 0.0694. The summed E-state index contributed by atoms with van der Waals surface area (Å²) in [5.41, 5.74) is 1.26. The van der Waals surface area contributed by atoms with Gasteiger partial charge in [0.25, 0.3) is 5.69 Å². The number of nitrogens with zero attached hydrogens (tertiary/aromatic N) is 3. The Kier molecular flexibility index (Phi) is 5.62. The van der Waals surface area contributed by atoms with Crippen LogP contribution in [0.2, 0.25) is 0 Å². The van der Waals surface area contributed by atoms with Crippen LogP contribution in [-0.2, 0) is 0 Å². The van der Waals surface area contributed by atoms with E-state index in [1.165, 1.54) is 37.4 Å². The number of thiocyanates is 1. The molecule has 0 atom stereocenters. The molecule has 1 N–H and O–H groups in total. The van der Waals surface area contributed by atoms with Crippen LogP contribution in [0.5, 0.6) is 11.5 Å². The summed E-state index contributed by atoms with van der Waals surface area (Å²) in [6, 6.07) is 10.7. The fourth-order valence-corrected chi connectivity index (χ4v) is 2.57. The number of thioether (sulfide) groups is 1. The van der Waals surface area contributed by atoms with E-state index in [0.29, 0.717) is 16.0 Å². The van der Waals surface area contributed by atoms with Crippen molar-refractivity contribution in [3.8, 4) is 23.0 Å². The molecule has 0 bridgehead atoms. The predicted octanol–water partition coefficient (Wildman–Crippen LogP) is 3.95. The predicted molar refractivity (Wildman–Crippen MR) is 92.7 cm³/mol. The largest absolute Gasteiger partial charge is 0.503 e. The van der Waals surface area contributed by atoms with Crippen LogP contribution in [0, 0.1) is 32.1 Å². The van der Waals surface area contributed by atoms with E-state index < -0.39 is 4.92 Å². The summed E-state index contributed by atoms with van der Waals surface area (Å²) in [6.45, 7) is 0. The molecule has 0 aromatic heterocycles. The molecular weight excluding hydrogens is 342 g/mol. The van der Waals surface area contributed by atoms with E-state index in [0.717, 1.165) is 11.8 Å². The van der Waals surface area contributed by atoms with Gasteiger partial charge in [0.05, 0.1) is 28.6 Å². The van der Waals surface area contributed by atoms with Crippen LogP contribution in [0.1, 0.15) is 11.1 Å². The average Bonchev–Trinajstić information content (AvgIpc) is 2.62. The smallest absolute Gasteiger partial charge is 0.269 e. The minimum atomic E-state index is -0.518. The number of ether oxygens (including phenoxy) is 1. The quantitative estimate of drug-likeness (QED) is 0.216. The normalized spacial score (nSPS) is 10.6. The van der Waals surface area contributed by atoms with Crippen LogP contribution in [0.25, 0.3) is 11.6 Å². The zero-order chi connectivity index (χ0) is 18.4. The molecule has 8 heteroatoms. The van der Waals surface area contributed by atoms with E-state index in [2.05, 4.69) is 0 Å². The molecular formula is C17H11N3O4S. The van der Waals surface area contributed by atoms with Crippen LogP contribution in [-0.4, -0.2) is 17.1 Å². The molecule has 0 heterocycles. The standard InChI is InChI=1S/C17H11N3O4S/c1-24-15-7-11(8-16(17(15)21)25-10-19)6-13(9-18)12-2-4-14(5-3-12)20(22)23/h2-8,21H,1H3/b13-6-. The summed E-state index contributed by atoms with van der Waals surface area (Å²) < 4.78 is 5.08. The number of aromatic hydroxyl groups is 1. The number of hydrogen-bond donors (Lipinski definition) is 1. The first-order chi connectivity index (χ1) is 12.0. The second kappa shape index (κ2) is 7.86. The van der Waals surface area contributed by atoms with Gasteiger partial charge in [0, 0.05) is 12.1 Å². The number of hydrogen-bond acceptors (Lipinski definition) is 7. The summed E-state index contributed by atoms with van der Waals surface area (Å²) >= 11 is 0.770. The highest BCUT2D eigenvalue weighted by Gasteiger charge is 2.12. The van der Waals surface area contributed by atoms with Crippen molar-refractivity contribution >= 4 is 29.1 Å². The number of phenols is 1. The highest BCUT2D eigenvalue weighted by molar-refractivity contribution is 8.03. The second-order valence-corrected chi connectivity index (χ2v) is 5.56. The number of nitro groups is 1. The Bertz CT molecular complexity index is 925. The Balaban J connectivity index is 2.49. The number of phenolic OH excluding ortho intramolecular Hbond substituents is 1. The highest BCUT2D eigenvalue weighted by Crippen LogP contribution is 2.38. The molecule has 0 spiro atoms. The van der Waals surface area contributed by atoms with Crippen LogP contribution in [0.15, 0.2) is 41.3 Å². The van der Waals surface area contributed by atoms with Crippen LogP contribution in [0.3, 0.4) is 0 Å². The lowest BCUT2D eigenvalue weighted by Gasteiger charge is -2.08. The van der Waals surface area contributed by atoms with Gasteiger partial charge >= 0.3 is 0 Å². The zero-order valence-electron chi connectivity index (χ0n) is 13.0. The van der Waals surface area contributed by atoms with Crippen molar-refractivity contribution in [2.24, 2.45) is 0 Å². The molecule has 2 rings (SSSR count). The van der Waals surface area contributed by atoms with Gasteiger partial charge in [-0.05, 0) is 53.2 Å². The Labute approximate surface area is 147 Å². The number of non-ortho nitro benzene ring substituents is 1. The van der Waals surface area contributed by atoms with Crippen molar-refractivity contribution < 1.29 is 14.8 Å². The number of methoxy groups -OCH3 is 1. The van der Waals surface area contributed by atoms with Crippen molar-refractivity contribution in [2.75, 3.05) is 7.11 Å². The molecule has 0 unspecified atom stereocenters. The number of nitriles is 2. The van der Waals surface area contributed by atoms with Crippen molar-refractivity contribution in [3.63, 3.8) is 0 Å². The first-order valence-corrected chi connectivity index (χ1v) is 7.65. The maximum atomic E-state index is 10.7. The third-order valence-corrected chi connectivity index (χ3v) is 3.88. The monoisotopic (exact) mass is 353 g/mol. The molecule has 7 nitrogen and oxygen atoms in total. The summed E-state index contributed by atoms with van der Waals surface area (Å²) in [5, 5.41) is 40.8. The summed E-state index contributed by atoms with van der Waals surface area (Å²) in [7, 11) is 1.38. The Morgan fingerprint density at radius 2 is 2.00 bits per heavy atom. The first-order valence-electron chi connectivity index (χ1n) is 6.83. The van der Waals surface area contributed by atoms with E-state index in [1.807, 2.05) is 11.5 Å². The Morgan fingerprint density at radius 3 is 2.52 bits per heavy atom. The van der Waals surface area contributed by atoms with E-state index in [1.54, 1.807) is 12.1 Å². The van der Waals surface area contributed by atoms with Crippen LogP contribution in [0.4, 0.5) is 5.69 Å². The van der Waals surface area contributed by atoms with Crippen LogP contribution < -0.4 is 4.74 Å². The molecule has 0 aliphatic carbocycles. The minimum Gasteiger partial charge on any atom is -0.503 e.